The van der Waals surface area contributed by atoms with Crippen molar-refractivity contribution in [2.45, 2.75) is 25.5 Å². The highest BCUT2D eigenvalue weighted by Gasteiger charge is 2.15. The van der Waals surface area contributed by atoms with Crippen molar-refractivity contribution in [1.29, 1.82) is 5.41 Å². The van der Waals surface area contributed by atoms with Crippen molar-refractivity contribution in [2.75, 3.05) is 6.61 Å². The average molecular weight is 146 g/mol. The lowest BCUT2D eigenvalue weighted by atomic mass is 10.1. The number of nitrogens with two attached hydrogens (primary N) is 1. The molecular formula is C6H14N2O2. The Morgan fingerprint density at radius 3 is 2.50 bits per heavy atom. The van der Waals surface area contributed by atoms with Gasteiger partial charge < -0.3 is 21.4 Å². The van der Waals surface area contributed by atoms with Gasteiger partial charge in [0.2, 0.25) is 0 Å². The molecule has 0 aliphatic rings. The van der Waals surface area contributed by atoms with Gasteiger partial charge in [0.1, 0.15) is 6.10 Å². The van der Waals surface area contributed by atoms with Crippen LogP contribution in [-0.4, -0.2) is 34.7 Å². The third-order valence-corrected chi connectivity index (χ3v) is 1.31. The summed E-state index contributed by atoms with van der Waals surface area (Å²) in [7, 11) is 0. The fourth-order valence-electron chi connectivity index (χ4n) is 0.628. The summed E-state index contributed by atoms with van der Waals surface area (Å²) in [6.45, 7) is 1.44. The summed E-state index contributed by atoms with van der Waals surface area (Å²) in [5.41, 5.74) is 5.52. The van der Waals surface area contributed by atoms with Gasteiger partial charge in [-0.2, -0.15) is 0 Å². The first kappa shape index (κ1) is 9.55. The van der Waals surface area contributed by atoms with Gasteiger partial charge >= 0.3 is 0 Å². The van der Waals surface area contributed by atoms with Crippen LogP contribution in [0.3, 0.4) is 0 Å². The minimum absolute atomic E-state index is 0.0501. The van der Waals surface area contributed by atoms with E-state index in [1.165, 1.54) is 6.92 Å². The zero-order chi connectivity index (χ0) is 8.15. The third-order valence-electron chi connectivity index (χ3n) is 1.31. The van der Waals surface area contributed by atoms with E-state index in [0.29, 0.717) is 6.42 Å². The van der Waals surface area contributed by atoms with Gasteiger partial charge in [-0.3, -0.25) is 0 Å². The van der Waals surface area contributed by atoms with Gasteiger partial charge in [-0.1, -0.05) is 0 Å². The molecule has 0 radical (unpaired) electrons. The topological polar surface area (TPSA) is 90.3 Å². The number of aliphatic hydroxyl groups excluding tert-OH is 2. The van der Waals surface area contributed by atoms with Gasteiger partial charge in [0, 0.05) is 18.4 Å². The Morgan fingerprint density at radius 1 is 1.70 bits per heavy atom. The van der Waals surface area contributed by atoms with Gasteiger partial charge in [-0.05, 0) is 13.3 Å². The van der Waals surface area contributed by atoms with Crippen LogP contribution in [0.1, 0.15) is 13.3 Å². The normalized spacial score (nSPS) is 16.4. The minimum Gasteiger partial charge on any atom is -0.396 e. The molecule has 2 atom stereocenters. The van der Waals surface area contributed by atoms with Crippen molar-refractivity contribution >= 4 is 5.71 Å². The van der Waals surface area contributed by atoms with Crippen LogP contribution in [0, 0.1) is 5.41 Å². The molecule has 0 heterocycles. The van der Waals surface area contributed by atoms with E-state index in [1.807, 2.05) is 0 Å². The summed E-state index contributed by atoms with van der Waals surface area (Å²) in [5, 5.41) is 24.5. The highest BCUT2D eigenvalue weighted by atomic mass is 16.3. The molecule has 0 rings (SSSR count). The van der Waals surface area contributed by atoms with Crippen LogP contribution in [0.2, 0.25) is 0 Å². The fraction of sp³-hybridized carbons (Fsp3) is 0.833. The molecule has 4 heteroatoms. The van der Waals surface area contributed by atoms with Crippen LogP contribution in [0.5, 0.6) is 0 Å². The molecule has 0 spiro atoms. The Balaban J connectivity index is 3.69. The van der Waals surface area contributed by atoms with Crippen LogP contribution in [0.15, 0.2) is 0 Å². The Bertz CT molecular complexity index is 116. The van der Waals surface area contributed by atoms with E-state index in [-0.39, 0.29) is 12.3 Å². The molecule has 0 amide bonds. The Kier molecular flexibility index (Phi) is 4.18. The SMILES string of the molecule is CC(=N)[C@@H](O)C(N)CCO. The van der Waals surface area contributed by atoms with Crippen molar-refractivity contribution in [3.8, 4) is 0 Å². The molecule has 10 heavy (non-hydrogen) atoms. The number of aliphatic hydroxyl groups is 2. The predicted molar refractivity (Wildman–Crippen MR) is 39.1 cm³/mol. The number of nitrogens with one attached hydrogen (secondary N) is 1. The smallest absolute Gasteiger partial charge is 0.106 e. The molecule has 0 saturated carbocycles. The monoisotopic (exact) mass is 146 g/mol. The number of hydrogen-bond donors (Lipinski definition) is 4. The first-order valence-electron chi connectivity index (χ1n) is 3.19. The summed E-state index contributed by atoms with van der Waals surface area (Å²) < 4.78 is 0. The van der Waals surface area contributed by atoms with Crippen LogP contribution in [-0.2, 0) is 0 Å². The molecule has 0 aromatic rings. The summed E-state index contributed by atoms with van der Waals surface area (Å²) in [6, 6.07) is -0.512. The molecule has 5 N–H and O–H groups in total. The van der Waals surface area contributed by atoms with Crippen molar-refractivity contribution in [1.82, 2.24) is 0 Å². The highest BCUT2D eigenvalue weighted by Crippen LogP contribution is 1.96. The Labute approximate surface area is 60.2 Å². The predicted octanol–water partition coefficient (Wildman–Crippen LogP) is -0.903. The highest BCUT2D eigenvalue weighted by molar-refractivity contribution is 5.83. The van der Waals surface area contributed by atoms with Gasteiger partial charge in [0.05, 0.1) is 0 Å². The molecular weight excluding hydrogens is 132 g/mol. The molecule has 0 saturated heterocycles. The van der Waals surface area contributed by atoms with Gasteiger partial charge in [-0.25, -0.2) is 0 Å². The summed E-state index contributed by atoms with van der Waals surface area (Å²) in [6.07, 6.45) is -0.579. The molecule has 4 nitrogen and oxygen atoms in total. The molecule has 60 valence electrons. The first-order valence-corrected chi connectivity index (χ1v) is 3.19. The van der Waals surface area contributed by atoms with E-state index < -0.39 is 12.1 Å². The standard InChI is InChI=1S/C6H14N2O2/c1-4(7)6(10)5(8)2-3-9/h5-7,9-10H,2-3,8H2,1H3/t5?,6-/m1/s1. The lowest BCUT2D eigenvalue weighted by Gasteiger charge is -2.15. The van der Waals surface area contributed by atoms with Gasteiger partial charge in [0.15, 0.2) is 0 Å². The van der Waals surface area contributed by atoms with Crippen LogP contribution < -0.4 is 5.73 Å². The molecule has 1 unspecified atom stereocenters. The summed E-state index contributed by atoms with van der Waals surface area (Å²) >= 11 is 0. The third kappa shape index (κ3) is 2.91. The van der Waals surface area contributed by atoms with E-state index in [2.05, 4.69) is 0 Å². The van der Waals surface area contributed by atoms with E-state index in [4.69, 9.17) is 21.4 Å². The fourth-order valence-corrected chi connectivity index (χ4v) is 0.628. The van der Waals surface area contributed by atoms with Crippen molar-refractivity contribution in [2.24, 2.45) is 5.73 Å². The average Bonchev–Trinajstić information content (AvgIpc) is 1.87. The maximum atomic E-state index is 9.07. The van der Waals surface area contributed by atoms with Crippen LogP contribution >= 0.6 is 0 Å². The molecule has 0 aromatic heterocycles. The summed E-state index contributed by atoms with van der Waals surface area (Å²) in [5.74, 6) is 0. The lowest BCUT2D eigenvalue weighted by Crippen LogP contribution is -2.39. The van der Waals surface area contributed by atoms with Crippen molar-refractivity contribution < 1.29 is 10.2 Å². The zero-order valence-corrected chi connectivity index (χ0v) is 6.04. The van der Waals surface area contributed by atoms with E-state index in [1.54, 1.807) is 0 Å². The molecule has 0 aromatic carbocycles. The van der Waals surface area contributed by atoms with E-state index >= 15 is 0 Å². The summed E-state index contributed by atoms with van der Waals surface area (Å²) in [4.78, 5) is 0. The first-order chi connectivity index (χ1) is 4.59. The Morgan fingerprint density at radius 2 is 2.20 bits per heavy atom. The quantitative estimate of drug-likeness (QED) is 0.387. The van der Waals surface area contributed by atoms with E-state index in [9.17, 15) is 0 Å². The minimum atomic E-state index is -0.910. The van der Waals surface area contributed by atoms with Crippen LogP contribution in [0.25, 0.3) is 0 Å². The van der Waals surface area contributed by atoms with Gasteiger partial charge in [-0.15, -0.1) is 0 Å². The lowest BCUT2D eigenvalue weighted by molar-refractivity contribution is 0.180. The second kappa shape index (κ2) is 4.38. The Hall–Kier alpha value is -0.450. The van der Waals surface area contributed by atoms with Crippen LogP contribution in [0.4, 0.5) is 0 Å². The molecule has 0 aliphatic heterocycles. The maximum absolute atomic E-state index is 9.07. The largest absolute Gasteiger partial charge is 0.396 e. The number of hydrogen-bond acceptors (Lipinski definition) is 4. The number of rotatable bonds is 4. The zero-order valence-electron chi connectivity index (χ0n) is 6.04. The molecule has 0 aliphatic carbocycles. The second-order valence-electron chi connectivity index (χ2n) is 2.30. The van der Waals surface area contributed by atoms with Crippen molar-refractivity contribution in [3.63, 3.8) is 0 Å². The molecule has 0 fully saturated rings. The van der Waals surface area contributed by atoms with Crippen molar-refractivity contribution in [3.05, 3.63) is 0 Å². The van der Waals surface area contributed by atoms with Gasteiger partial charge in [0.25, 0.3) is 0 Å². The second-order valence-corrected chi connectivity index (χ2v) is 2.30. The van der Waals surface area contributed by atoms with E-state index in [0.717, 1.165) is 0 Å². The molecule has 0 bridgehead atoms. The maximum Gasteiger partial charge on any atom is 0.106 e.